The molecule has 2 atom stereocenters. The first-order chi connectivity index (χ1) is 14.1. The smallest absolute Gasteiger partial charge is 0.262 e. The van der Waals surface area contributed by atoms with Gasteiger partial charge in [0, 0.05) is 36.5 Å². The first kappa shape index (κ1) is 19.8. The van der Waals surface area contributed by atoms with Gasteiger partial charge in [-0.05, 0) is 75.5 Å². The summed E-state index contributed by atoms with van der Waals surface area (Å²) >= 11 is 0. The number of carbonyl (C=O) groups is 1. The molecule has 2 fully saturated rings. The SMILES string of the molecule is Cc1cc(N2CCC(N3CCCC3C)C2)ccc1NC(=O)COc1ccccc1. The number of benzene rings is 2. The number of ether oxygens (including phenoxy) is 1. The van der Waals surface area contributed by atoms with Gasteiger partial charge >= 0.3 is 0 Å². The van der Waals surface area contributed by atoms with Gasteiger partial charge in [-0.25, -0.2) is 0 Å². The van der Waals surface area contributed by atoms with E-state index in [1.54, 1.807) is 0 Å². The summed E-state index contributed by atoms with van der Waals surface area (Å²) in [5.41, 5.74) is 3.17. The predicted octanol–water partition coefficient (Wildman–Crippen LogP) is 4.08. The third-order valence-corrected chi connectivity index (χ3v) is 6.20. The van der Waals surface area contributed by atoms with E-state index < -0.39 is 0 Å². The Kier molecular flexibility index (Phi) is 6.05. The summed E-state index contributed by atoms with van der Waals surface area (Å²) in [5, 5.41) is 2.97. The molecule has 0 aliphatic carbocycles. The van der Waals surface area contributed by atoms with Crippen molar-refractivity contribution >= 4 is 17.3 Å². The van der Waals surface area contributed by atoms with E-state index in [-0.39, 0.29) is 12.5 Å². The predicted molar refractivity (Wildman–Crippen MR) is 118 cm³/mol. The standard InChI is InChI=1S/C24H31N3O2/c1-18-15-20(26-14-12-21(16-26)27-13-6-7-19(27)2)10-11-23(18)25-24(28)17-29-22-8-4-3-5-9-22/h3-5,8-11,15,19,21H,6-7,12-14,16-17H2,1-2H3,(H,25,28). The van der Waals surface area contributed by atoms with Crippen LogP contribution in [-0.4, -0.2) is 49.1 Å². The van der Waals surface area contributed by atoms with Crippen LogP contribution in [0.25, 0.3) is 0 Å². The van der Waals surface area contributed by atoms with E-state index in [0.717, 1.165) is 30.4 Å². The Morgan fingerprint density at radius 3 is 2.69 bits per heavy atom. The number of hydrogen-bond acceptors (Lipinski definition) is 4. The third kappa shape index (κ3) is 4.73. The van der Waals surface area contributed by atoms with E-state index in [9.17, 15) is 4.79 Å². The van der Waals surface area contributed by atoms with Crippen molar-refractivity contribution in [1.82, 2.24) is 4.90 Å². The Morgan fingerprint density at radius 2 is 1.97 bits per heavy atom. The summed E-state index contributed by atoms with van der Waals surface area (Å²) in [6, 6.07) is 17.1. The molecule has 0 radical (unpaired) electrons. The molecule has 0 saturated carbocycles. The number of para-hydroxylation sites is 1. The number of likely N-dealkylation sites (tertiary alicyclic amines) is 1. The minimum absolute atomic E-state index is 0.00697. The third-order valence-electron chi connectivity index (χ3n) is 6.20. The van der Waals surface area contributed by atoms with E-state index in [4.69, 9.17) is 4.74 Å². The second-order valence-electron chi connectivity index (χ2n) is 8.27. The largest absolute Gasteiger partial charge is 0.484 e. The molecule has 0 spiro atoms. The maximum atomic E-state index is 12.2. The van der Waals surface area contributed by atoms with Gasteiger partial charge in [-0.1, -0.05) is 18.2 Å². The number of hydrogen-bond donors (Lipinski definition) is 1. The van der Waals surface area contributed by atoms with Gasteiger partial charge in [-0.3, -0.25) is 9.69 Å². The van der Waals surface area contributed by atoms with Crippen molar-refractivity contribution in [2.45, 2.75) is 45.2 Å². The lowest BCUT2D eigenvalue weighted by atomic mass is 10.1. The molecule has 2 aliphatic rings. The lowest BCUT2D eigenvalue weighted by Crippen LogP contribution is -2.39. The van der Waals surface area contributed by atoms with Crippen molar-refractivity contribution in [2.24, 2.45) is 0 Å². The molecule has 154 valence electrons. The van der Waals surface area contributed by atoms with E-state index in [2.05, 4.69) is 34.2 Å². The first-order valence-electron chi connectivity index (χ1n) is 10.7. The molecule has 1 N–H and O–H groups in total. The molecule has 0 aromatic heterocycles. The average Bonchev–Trinajstić information content (AvgIpc) is 3.37. The topological polar surface area (TPSA) is 44.8 Å². The number of aryl methyl sites for hydroxylation is 1. The maximum absolute atomic E-state index is 12.2. The Labute approximate surface area is 173 Å². The van der Waals surface area contributed by atoms with Gasteiger partial charge in [-0.15, -0.1) is 0 Å². The van der Waals surface area contributed by atoms with Gasteiger partial charge < -0.3 is 15.0 Å². The van der Waals surface area contributed by atoms with E-state index in [0.29, 0.717) is 11.8 Å². The van der Waals surface area contributed by atoms with Crippen molar-refractivity contribution in [3.63, 3.8) is 0 Å². The summed E-state index contributed by atoms with van der Waals surface area (Å²) in [7, 11) is 0. The zero-order valence-corrected chi connectivity index (χ0v) is 17.4. The normalized spacial score (nSPS) is 22.1. The van der Waals surface area contributed by atoms with Gasteiger partial charge in [0.15, 0.2) is 6.61 Å². The molecule has 0 bridgehead atoms. The summed E-state index contributed by atoms with van der Waals surface area (Å²) in [4.78, 5) is 17.4. The molecule has 2 aromatic carbocycles. The van der Waals surface area contributed by atoms with Crippen molar-refractivity contribution in [2.75, 3.05) is 36.5 Å². The van der Waals surface area contributed by atoms with E-state index in [1.807, 2.05) is 43.3 Å². The molecule has 2 aliphatic heterocycles. The van der Waals surface area contributed by atoms with Crippen LogP contribution in [0.3, 0.4) is 0 Å². The van der Waals surface area contributed by atoms with Crippen LogP contribution in [0.1, 0.15) is 31.7 Å². The number of nitrogens with zero attached hydrogens (tertiary/aromatic N) is 2. The average molecular weight is 394 g/mol. The molecular weight excluding hydrogens is 362 g/mol. The highest BCUT2D eigenvalue weighted by molar-refractivity contribution is 5.92. The molecule has 2 heterocycles. The van der Waals surface area contributed by atoms with E-state index in [1.165, 1.54) is 31.5 Å². The van der Waals surface area contributed by atoms with Crippen LogP contribution in [0.15, 0.2) is 48.5 Å². The fourth-order valence-corrected chi connectivity index (χ4v) is 4.58. The Bertz CT molecular complexity index is 839. The van der Waals surface area contributed by atoms with Crippen LogP contribution in [-0.2, 0) is 4.79 Å². The molecule has 2 aromatic rings. The molecule has 1 amide bonds. The minimum Gasteiger partial charge on any atom is -0.484 e. The summed E-state index contributed by atoms with van der Waals surface area (Å²) in [5.74, 6) is 0.555. The highest BCUT2D eigenvalue weighted by Gasteiger charge is 2.32. The Hall–Kier alpha value is -2.53. The highest BCUT2D eigenvalue weighted by atomic mass is 16.5. The van der Waals surface area contributed by atoms with Gasteiger partial charge in [0.05, 0.1) is 0 Å². The monoisotopic (exact) mass is 393 g/mol. The minimum atomic E-state index is -0.144. The molecule has 5 heteroatoms. The fourth-order valence-electron chi connectivity index (χ4n) is 4.58. The Morgan fingerprint density at radius 1 is 1.14 bits per heavy atom. The van der Waals surface area contributed by atoms with E-state index >= 15 is 0 Å². The second-order valence-corrected chi connectivity index (χ2v) is 8.27. The van der Waals surface area contributed by atoms with Gasteiger partial charge in [0.2, 0.25) is 0 Å². The Balaban J connectivity index is 1.32. The zero-order chi connectivity index (χ0) is 20.2. The number of amides is 1. The maximum Gasteiger partial charge on any atom is 0.262 e. The van der Waals surface area contributed by atoms with Gasteiger partial charge in [0.25, 0.3) is 5.91 Å². The lowest BCUT2D eigenvalue weighted by Gasteiger charge is -2.28. The van der Waals surface area contributed by atoms with Crippen molar-refractivity contribution < 1.29 is 9.53 Å². The van der Waals surface area contributed by atoms with Crippen molar-refractivity contribution in [1.29, 1.82) is 0 Å². The van der Waals surface area contributed by atoms with Crippen molar-refractivity contribution in [3.8, 4) is 5.75 Å². The first-order valence-corrected chi connectivity index (χ1v) is 10.7. The number of carbonyl (C=O) groups excluding carboxylic acids is 1. The van der Waals surface area contributed by atoms with Gasteiger partial charge in [-0.2, -0.15) is 0 Å². The van der Waals surface area contributed by atoms with Crippen molar-refractivity contribution in [3.05, 3.63) is 54.1 Å². The van der Waals surface area contributed by atoms with Crippen LogP contribution in [0.4, 0.5) is 11.4 Å². The summed E-state index contributed by atoms with van der Waals surface area (Å²) in [6.07, 6.45) is 3.90. The zero-order valence-electron chi connectivity index (χ0n) is 17.4. The van der Waals surface area contributed by atoms with Gasteiger partial charge in [0.1, 0.15) is 5.75 Å². The summed E-state index contributed by atoms with van der Waals surface area (Å²) < 4.78 is 5.53. The second kappa shape index (κ2) is 8.87. The number of anilines is 2. The lowest BCUT2D eigenvalue weighted by molar-refractivity contribution is -0.118. The molecule has 4 rings (SSSR count). The van der Waals surface area contributed by atoms with Crippen LogP contribution < -0.4 is 15.0 Å². The number of rotatable bonds is 6. The molecule has 2 unspecified atom stereocenters. The highest BCUT2D eigenvalue weighted by Crippen LogP contribution is 2.30. The van der Waals surface area contributed by atoms with Crippen LogP contribution in [0, 0.1) is 6.92 Å². The molecule has 2 saturated heterocycles. The summed E-state index contributed by atoms with van der Waals surface area (Å²) in [6.45, 7) is 7.86. The van der Waals surface area contributed by atoms with Crippen LogP contribution in [0.2, 0.25) is 0 Å². The molecule has 29 heavy (non-hydrogen) atoms. The number of nitrogens with one attached hydrogen (secondary N) is 1. The quantitative estimate of drug-likeness (QED) is 0.803. The molecule has 5 nitrogen and oxygen atoms in total. The fraction of sp³-hybridized carbons (Fsp3) is 0.458. The van der Waals surface area contributed by atoms with Crippen LogP contribution in [0.5, 0.6) is 5.75 Å². The van der Waals surface area contributed by atoms with Crippen LogP contribution >= 0.6 is 0 Å². The molecular formula is C24H31N3O2.